The third kappa shape index (κ3) is 3.05. The average Bonchev–Trinajstić information content (AvgIpc) is 2.38. The summed E-state index contributed by atoms with van der Waals surface area (Å²) in [6.07, 6.45) is 6.73. The standard InChI is InChI=1S/C14H19NS/c16-12-15(14-9-5-2-6-10-14)11-13-7-3-1-4-8-13/h1,3-4,7-8,12,14H,2,5-6,9-11H2. The Balaban J connectivity index is 1.97. The molecule has 1 nitrogen and oxygen atoms in total. The monoisotopic (exact) mass is 233 g/mol. The molecule has 1 aliphatic carbocycles. The second-order valence-corrected chi connectivity index (χ2v) is 4.77. The number of rotatable bonds is 4. The van der Waals surface area contributed by atoms with Crippen molar-refractivity contribution in [1.29, 1.82) is 0 Å². The van der Waals surface area contributed by atoms with E-state index in [1.165, 1.54) is 37.7 Å². The molecule has 0 heterocycles. The van der Waals surface area contributed by atoms with Gasteiger partial charge in [0.1, 0.15) is 0 Å². The molecule has 16 heavy (non-hydrogen) atoms. The van der Waals surface area contributed by atoms with E-state index in [9.17, 15) is 0 Å². The first-order valence-electron chi connectivity index (χ1n) is 6.15. The van der Waals surface area contributed by atoms with E-state index in [4.69, 9.17) is 12.2 Å². The van der Waals surface area contributed by atoms with Gasteiger partial charge in [0.15, 0.2) is 0 Å². The fourth-order valence-electron chi connectivity index (χ4n) is 2.46. The van der Waals surface area contributed by atoms with Crippen molar-refractivity contribution in [3.8, 4) is 0 Å². The molecule has 2 rings (SSSR count). The molecule has 0 bridgehead atoms. The van der Waals surface area contributed by atoms with Crippen LogP contribution in [-0.2, 0) is 6.54 Å². The van der Waals surface area contributed by atoms with Crippen LogP contribution in [0.3, 0.4) is 0 Å². The van der Waals surface area contributed by atoms with Gasteiger partial charge in [0, 0.05) is 12.6 Å². The molecule has 0 saturated heterocycles. The molecule has 1 aromatic rings. The zero-order valence-electron chi connectivity index (χ0n) is 9.64. The van der Waals surface area contributed by atoms with Crippen molar-refractivity contribution in [3.05, 3.63) is 35.9 Å². The second kappa shape index (κ2) is 6.00. The van der Waals surface area contributed by atoms with Gasteiger partial charge in [-0.25, -0.2) is 0 Å². The Kier molecular flexibility index (Phi) is 4.34. The molecule has 1 aliphatic rings. The zero-order valence-corrected chi connectivity index (χ0v) is 10.5. The summed E-state index contributed by atoms with van der Waals surface area (Å²) in [6.45, 7) is 0.967. The van der Waals surface area contributed by atoms with E-state index in [1.807, 2.05) is 5.49 Å². The van der Waals surface area contributed by atoms with Crippen LogP contribution >= 0.6 is 12.2 Å². The van der Waals surface area contributed by atoms with Gasteiger partial charge in [0.2, 0.25) is 0 Å². The number of thiocarbonyl (C=S) groups is 1. The lowest BCUT2D eigenvalue weighted by Crippen LogP contribution is -2.34. The smallest absolute Gasteiger partial charge is 0.0646 e. The lowest BCUT2D eigenvalue weighted by Gasteiger charge is -2.32. The maximum Gasteiger partial charge on any atom is 0.0646 e. The molecule has 0 spiro atoms. The van der Waals surface area contributed by atoms with Gasteiger partial charge in [-0.1, -0.05) is 61.8 Å². The molecular formula is C14H19NS. The third-order valence-electron chi connectivity index (χ3n) is 3.39. The van der Waals surface area contributed by atoms with Crippen molar-refractivity contribution in [2.24, 2.45) is 0 Å². The van der Waals surface area contributed by atoms with Crippen LogP contribution < -0.4 is 0 Å². The Labute approximate surface area is 103 Å². The quantitative estimate of drug-likeness (QED) is 0.728. The van der Waals surface area contributed by atoms with Gasteiger partial charge in [-0.05, 0) is 18.4 Å². The van der Waals surface area contributed by atoms with Gasteiger partial charge in [-0.2, -0.15) is 0 Å². The second-order valence-electron chi connectivity index (χ2n) is 4.56. The number of nitrogens with zero attached hydrogens (tertiary/aromatic N) is 1. The lowest BCUT2D eigenvalue weighted by atomic mass is 9.94. The number of hydrogen-bond donors (Lipinski definition) is 0. The minimum absolute atomic E-state index is 0.673. The molecule has 2 heteroatoms. The summed E-state index contributed by atoms with van der Waals surface area (Å²) >= 11 is 5.15. The van der Waals surface area contributed by atoms with Crippen molar-refractivity contribution in [1.82, 2.24) is 4.90 Å². The first-order valence-corrected chi connectivity index (χ1v) is 6.62. The van der Waals surface area contributed by atoms with Crippen LogP contribution in [0.2, 0.25) is 0 Å². The fraction of sp³-hybridized carbons (Fsp3) is 0.500. The zero-order chi connectivity index (χ0) is 11.2. The molecule has 0 aromatic heterocycles. The summed E-state index contributed by atoms with van der Waals surface area (Å²) in [7, 11) is 0. The van der Waals surface area contributed by atoms with Crippen LogP contribution in [0.4, 0.5) is 0 Å². The van der Waals surface area contributed by atoms with E-state index < -0.39 is 0 Å². The normalized spacial score (nSPS) is 17.0. The summed E-state index contributed by atoms with van der Waals surface area (Å²) in [5.41, 5.74) is 3.21. The van der Waals surface area contributed by atoms with E-state index in [0.717, 1.165) is 6.54 Å². The summed E-state index contributed by atoms with van der Waals surface area (Å²) < 4.78 is 0. The Bertz CT molecular complexity index is 317. The Morgan fingerprint density at radius 1 is 1.12 bits per heavy atom. The highest BCUT2D eigenvalue weighted by molar-refractivity contribution is 7.78. The summed E-state index contributed by atoms with van der Waals surface area (Å²) in [5, 5.41) is 0. The minimum Gasteiger partial charge on any atom is -0.361 e. The highest BCUT2D eigenvalue weighted by Crippen LogP contribution is 2.23. The average molecular weight is 233 g/mol. The maximum atomic E-state index is 5.15. The highest BCUT2D eigenvalue weighted by Gasteiger charge is 2.18. The molecule has 0 radical (unpaired) electrons. The van der Waals surface area contributed by atoms with Gasteiger partial charge >= 0.3 is 0 Å². The molecule has 0 amide bonds. The van der Waals surface area contributed by atoms with E-state index in [-0.39, 0.29) is 0 Å². The Morgan fingerprint density at radius 2 is 1.81 bits per heavy atom. The Morgan fingerprint density at radius 3 is 2.44 bits per heavy atom. The molecule has 86 valence electrons. The first-order chi connectivity index (χ1) is 7.90. The van der Waals surface area contributed by atoms with Gasteiger partial charge in [0.25, 0.3) is 0 Å². The molecule has 0 atom stereocenters. The van der Waals surface area contributed by atoms with Gasteiger partial charge < -0.3 is 4.90 Å². The van der Waals surface area contributed by atoms with Gasteiger partial charge in [-0.3, -0.25) is 0 Å². The van der Waals surface area contributed by atoms with Crippen LogP contribution in [0.25, 0.3) is 0 Å². The van der Waals surface area contributed by atoms with Gasteiger partial charge in [0.05, 0.1) is 5.49 Å². The number of benzene rings is 1. The summed E-state index contributed by atoms with van der Waals surface area (Å²) in [5.74, 6) is 0. The van der Waals surface area contributed by atoms with Gasteiger partial charge in [-0.15, -0.1) is 0 Å². The van der Waals surface area contributed by atoms with Crippen LogP contribution in [0, 0.1) is 0 Å². The van der Waals surface area contributed by atoms with Crippen molar-refractivity contribution < 1.29 is 0 Å². The molecular weight excluding hydrogens is 214 g/mol. The minimum atomic E-state index is 0.673. The van der Waals surface area contributed by atoms with E-state index in [0.29, 0.717) is 6.04 Å². The van der Waals surface area contributed by atoms with Crippen LogP contribution in [-0.4, -0.2) is 16.4 Å². The summed E-state index contributed by atoms with van der Waals surface area (Å²) in [6, 6.07) is 11.3. The van der Waals surface area contributed by atoms with Crippen molar-refractivity contribution in [3.63, 3.8) is 0 Å². The Hall–Kier alpha value is -0.890. The van der Waals surface area contributed by atoms with E-state index >= 15 is 0 Å². The molecule has 1 fully saturated rings. The van der Waals surface area contributed by atoms with E-state index in [2.05, 4.69) is 35.2 Å². The molecule has 1 saturated carbocycles. The molecule has 0 N–H and O–H groups in total. The largest absolute Gasteiger partial charge is 0.361 e. The maximum absolute atomic E-state index is 5.15. The predicted molar refractivity (Wildman–Crippen MR) is 72.5 cm³/mol. The fourth-order valence-corrected chi connectivity index (χ4v) is 2.71. The van der Waals surface area contributed by atoms with E-state index in [1.54, 1.807) is 0 Å². The van der Waals surface area contributed by atoms with Crippen LogP contribution in [0.15, 0.2) is 30.3 Å². The number of hydrogen-bond acceptors (Lipinski definition) is 1. The predicted octanol–water partition coefficient (Wildman–Crippen LogP) is 3.78. The highest BCUT2D eigenvalue weighted by atomic mass is 32.1. The first kappa shape index (κ1) is 11.6. The molecule has 0 aliphatic heterocycles. The van der Waals surface area contributed by atoms with Crippen molar-refractivity contribution in [2.45, 2.75) is 44.7 Å². The third-order valence-corrected chi connectivity index (χ3v) is 3.66. The van der Waals surface area contributed by atoms with Crippen molar-refractivity contribution >= 4 is 17.7 Å². The van der Waals surface area contributed by atoms with Crippen LogP contribution in [0.1, 0.15) is 37.7 Å². The lowest BCUT2D eigenvalue weighted by molar-refractivity contribution is 0.247. The topological polar surface area (TPSA) is 3.24 Å². The molecule has 1 aromatic carbocycles. The summed E-state index contributed by atoms with van der Waals surface area (Å²) in [4.78, 5) is 2.34. The van der Waals surface area contributed by atoms with Crippen molar-refractivity contribution in [2.75, 3.05) is 0 Å². The molecule has 0 unspecified atom stereocenters. The SMILES string of the molecule is S=CN(Cc1ccccc1)C1CCCCC1. The van der Waals surface area contributed by atoms with Crippen LogP contribution in [0.5, 0.6) is 0 Å².